The summed E-state index contributed by atoms with van der Waals surface area (Å²) < 4.78 is 2.64. The van der Waals surface area contributed by atoms with Crippen molar-refractivity contribution in [2.75, 3.05) is 11.4 Å². The number of hydrogen-bond donors (Lipinski definition) is 1. The number of thiophene rings is 1. The smallest absolute Gasteiger partial charge is 0.230 e. The normalized spacial score (nSPS) is 14.2. The first-order valence-corrected chi connectivity index (χ1v) is 8.15. The molecule has 0 radical (unpaired) electrons. The molecule has 0 fully saturated rings. The number of anilines is 1. The maximum Gasteiger partial charge on any atom is 0.230 e. The Kier molecular flexibility index (Phi) is 3.12. The molecule has 1 aliphatic heterocycles. The third-order valence-electron chi connectivity index (χ3n) is 3.76. The summed E-state index contributed by atoms with van der Waals surface area (Å²) in [5.74, 6) is 0.892. The van der Waals surface area contributed by atoms with E-state index in [0.29, 0.717) is 4.77 Å². The Balaban J connectivity index is 1.76. The second kappa shape index (κ2) is 5.13. The monoisotopic (exact) mass is 314 g/mol. The first kappa shape index (κ1) is 12.8. The van der Waals surface area contributed by atoms with Gasteiger partial charge in [-0.15, -0.1) is 16.4 Å². The molecule has 0 amide bonds. The van der Waals surface area contributed by atoms with Crippen LogP contribution in [0.4, 0.5) is 5.95 Å². The van der Waals surface area contributed by atoms with Gasteiger partial charge < -0.3 is 4.90 Å². The highest BCUT2D eigenvalue weighted by Crippen LogP contribution is 2.28. The Morgan fingerprint density at radius 1 is 1.19 bits per heavy atom. The molecule has 1 aromatic carbocycles. The summed E-state index contributed by atoms with van der Waals surface area (Å²) in [6.07, 6.45) is 1.07. The summed E-state index contributed by atoms with van der Waals surface area (Å²) in [4.78, 5) is 3.78. The summed E-state index contributed by atoms with van der Waals surface area (Å²) in [6.45, 7) is 1.87. The molecule has 0 saturated heterocycles. The topological polar surface area (TPSA) is 36.9 Å². The molecule has 1 N–H and O–H groups in total. The van der Waals surface area contributed by atoms with Crippen LogP contribution in [-0.2, 0) is 13.0 Å². The Bertz CT molecular complexity index is 816. The van der Waals surface area contributed by atoms with Gasteiger partial charge in [0.2, 0.25) is 10.7 Å². The van der Waals surface area contributed by atoms with Gasteiger partial charge in [0, 0.05) is 18.0 Å². The van der Waals surface area contributed by atoms with E-state index in [4.69, 9.17) is 12.2 Å². The van der Waals surface area contributed by atoms with Crippen LogP contribution in [-0.4, -0.2) is 21.3 Å². The molecule has 0 unspecified atom stereocenters. The van der Waals surface area contributed by atoms with Crippen molar-refractivity contribution in [2.45, 2.75) is 13.0 Å². The molecular weight excluding hydrogens is 300 g/mol. The molecular formula is C15H14N4S2. The summed E-state index contributed by atoms with van der Waals surface area (Å²) in [5.41, 5.74) is 2.45. The van der Waals surface area contributed by atoms with Crippen LogP contribution in [0, 0.1) is 4.77 Å². The highest BCUT2D eigenvalue weighted by molar-refractivity contribution is 7.71. The zero-order valence-electron chi connectivity index (χ0n) is 11.3. The number of fused-ring (bicyclic) bond motifs is 1. The average molecular weight is 314 g/mol. The second-order valence-corrected chi connectivity index (χ2v) is 6.43. The quantitative estimate of drug-likeness (QED) is 0.735. The molecule has 4 nitrogen and oxygen atoms in total. The van der Waals surface area contributed by atoms with Crippen molar-refractivity contribution in [1.29, 1.82) is 0 Å². The fraction of sp³-hybridized carbons (Fsp3) is 0.200. The fourth-order valence-electron chi connectivity index (χ4n) is 2.73. The first-order valence-electron chi connectivity index (χ1n) is 6.86. The van der Waals surface area contributed by atoms with Crippen LogP contribution < -0.4 is 4.90 Å². The van der Waals surface area contributed by atoms with Gasteiger partial charge in [0.25, 0.3) is 0 Å². The van der Waals surface area contributed by atoms with Gasteiger partial charge in [0.15, 0.2) is 0 Å². The van der Waals surface area contributed by atoms with E-state index >= 15 is 0 Å². The van der Waals surface area contributed by atoms with E-state index in [2.05, 4.69) is 38.7 Å². The van der Waals surface area contributed by atoms with E-state index < -0.39 is 0 Å². The summed E-state index contributed by atoms with van der Waals surface area (Å²) in [5, 5.41) is 9.54. The minimum atomic E-state index is 0.632. The molecule has 0 saturated carbocycles. The number of aromatic nitrogens is 3. The number of hydrogen-bond acceptors (Lipinski definition) is 4. The van der Waals surface area contributed by atoms with E-state index in [1.54, 1.807) is 0 Å². The lowest BCUT2D eigenvalue weighted by Gasteiger charge is -2.27. The van der Waals surface area contributed by atoms with Crippen molar-refractivity contribution < 1.29 is 0 Å². The Hall–Kier alpha value is -1.92. The highest BCUT2D eigenvalue weighted by atomic mass is 32.1. The molecule has 3 heterocycles. The zero-order chi connectivity index (χ0) is 14.2. The van der Waals surface area contributed by atoms with Crippen molar-refractivity contribution >= 4 is 29.5 Å². The molecule has 0 bridgehead atoms. The van der Waals surface area contributed by atoms with Gasteiger partial charge in [0.05, 0.1) is 5.69 Å². The molecule has 6 heteroatoms. The predicted octanol–water partition coefficient (Wildman–Crippen LogP) is 3.55. The summed E-state index contributed by atoms with van der Waals surface area (Å²) in [6, 6.07) is 12.3. The van der Waals surface area contributed by atoms with E-state index in [9.17, 15) is 0 Å². The van der Waals surface area contributed by atoms with E-state index in [0.717, 1.165) is 31.1 Å². The molecule has 2 aromatic heterocycles. The van der Waals surface area contributed by atoms with Crippen LogP contribution >= 0.6 is 23.6 Å². The maximum absolute atomic E-state index is 5.41. The number of aromatic amines is 1. The second-order valence-electron chi connectivity index (χ2n) is 5.04. The van der Waals surface area contributed by atoms with Crippen molar-refractivity contribution in [3.63, 3.8) is 0 Å². The molecule has 0 spiro atoms. The van der Waals surface area contributed by atoms with E-state index in [1.807, 2.05) is 34.1 Å². The number of H-pyrrole nitrogens is 1. The third kappa shape index (κ3) is 2.20. The van der Waals surface area contributed by atoms with Gasteiger partial charge in [0.1, 0.15) is 0 Å². The van der Waals surface area contributed by atoms with Crippen molar-refractivity contribution in [1.82, 2.24) is 14.8 Å². The summed E-state index contributed by atoms with van der Waals surface area (Å²) >= 11 is 7.25. The molecule has 0 aliphatic carbocycles. The molecule has 106 valence electrons. The van der Waals surface area contributed by atoms with Gasteiger partial charge in [-0.05, 0) is 47.8 Å². The van der Waals surface area contributed by atoms with Crippen LogP contribution in [0.5, 0.6) is 0 Å². The zero-order valence-corrected chi connectivity index (χ0v) is 13.0. The SMILES string of the molecule is S=c1[nH]nc(N2CCc3sccc3C2)n1-c1ccccc1. The van der Waals surface area contributed by atoms with Crippen LogP contribution in [0.3, 0.4) is 0 Å². The van der Waals surface area contributed by atoms with Crippen molar-refractivity contribution in [2.24, 2.45) is 0 Å². The lowest BCUT2D eigenvalue weighted by molar-refractivity contribution is 0.708. The minimum absolute atomic E-state index is 0.632. The summed E-state index contributed by atoms with van der Waals surface area (Å²) in [7, 11) is 0. The highest BCUT2D eigenvalue weighted by Gasteiger charge is 2.22. The standard InChI is InChI=1S/C15H14N4S2/c20-15-17-16-14(19(15)12-4-2-1-3-5-12)18-8-6-13-11(10-18)7-9-21-13/h1-5,7,9H,6,8,10H2,(H,17,20). The molecule has 1 aliphatic rings. The Labute approximate surface area is 131 Å². The van der Waals surface area contributed by atoms with Crippen LogP contribution in [0.25, 0.3) is 5.69 Å². The van der Waals surface area contributed by atoms with Crippen molar-refractivity contribution in [3.05, 3.63) is 57.0 Å². The van der Waals surface area contributed by atoms with Crippen molar-refractivity contribution in [3.8, 4) is 5.69 Å². The van der Waals surface area contributed by atoms with Gasteiger partial charge in [-0.1, -0.05) is 18.2 Å². The predicted molar refractivity (Wildman–Crippen MR) is 87.8 cm³/mol. The minimum Gasteiger partial charge on any atom is -0.336 e. The average Bonchev–Trinajstić information content (AvgIpc) is 3.13. The van der Waals surface area contributed by atoms with Crippen LogP contribution in [0.2, 0.25) is 0 Å². The Morgan fingerprint density at radius 2 is 2.05 bits per heavy atom. The largest absolute Gasteiger partial charge is 0.336 e. The van der Waals surface area contributed by atoms with Gasteiger partial charge in [-0.3, -0.25) is 4.57 Å². The molecule has 21 heavy (non-hydrogen) atoms. The van der Waals surface area contributed by atoms with E-state index in [1.165, 1.54) is 10.4 Å². The molecule has 4 rings (SSSR count). The van der Waals surface area contributed by atoms with Crippen LogP contribution in [0.1, 0.15) is 10.4 Å². The lowest BCUT2D eigenvalue weighted by atomic mass is 10.1. The molecule has 3 aromatic rings. The third-order valence-corrected chi connectivity index (χ3v) is 5.06. The van der Waals surface area contributed by atoms with Gasteiger partial charge in [-0.25, -0.2) is 5.10 Å². The first-order chi connectivity index (χ1) is 10.3. The van der Waals surface area contributed by atoms with E-state index in [-0.39, 0.29) is 0 Å². The number of nitrogens with zero attached hydrogens (tertiary/aromatic N) is 3. The van der Waals surface area contributed by atoms with Gasteiger partial charge >= 0.3 is 0 Å². The van der Waals surface area contributed by atoms with Gasteiger partial charge in [-0.2, -0.15) is 0 Å². The fourth-order valence-corrected chi connectivity index (χ4v) is 3.85. The maximum atomic E-state index is 5.41. The molecule has 0 atom stereocenters. The number of para-hydroxylation sites is 1. The number of benzene rings is 1. The number of rotatable bonds is 2. The lowest BCUT2D eigenvalue weighted by Crippen LogP contribution is -2.31. The van der Waals surface area contributed by atoms with Crippen LogP contribution in [0.15, 0.2) is 41.8 Å². The Morgan fingerprint density at radius 3 is 2.90 bits per heavy atom. The number of nitrogens with one attached hydrogen (secondary N) is 1.